The maximum absolute atomic E-state index is 11.0. The van der Waals surface area contributed by atoms with Gasteiger partial charge in [-0.05, 0) is 36.4 Å². The molecule has 132 valence electrons. The Morgan fingerprint density at radius 3 is 2.23 bits per heavy atom. The third kappa shape index (κ3) is 8.15. The van der Waals surface area contributed by atoms with Crippen molar-refractivity contribution in [3.05, 3.63) is 0 Å². The van der Waals surface area contributed by atoms with Crippen LogP contribution >= 0.6 is 0 Å². The number of methoxy groups -OCH3 is 1. The highest BCUT2D eigenvalue weighted by atomic mass is 28.4. The third-order valence-corrected chi connectivity index (χ3v) is 8.93. The number of nitrogens with one attached hydrogen (secondary N) is 1. The Bertz CT molecular complexity index is 351. The SMILES string of the molecule is COC(=O)NCC(O)CCC(C)(C)CO[Si](C)(C)C(C)(C)C. The average molecular weight is 334 g/mol. The lowest BCUT2D eigenvalue weighted by Gasteiger charge is -2.39. The van der Waals surface area contributed by atoms with Crippen LogP contribution in [0.3, 0.4) is 0 Å². The molecular weight excluding hydrogens is 298 g/mol. The predicted octanol–water partition coefficient (Wildman–Crippen LogP) is 3.53. The molecule has 1 unspecified atom stereocenters. The summed E-state index contributed by atoms with van der Waals surface area (Å²) in [4.78, 5) is 11.0. The van der Waals surface area contributed by atoms with Crippen LogP contribution in [0.15, 0.2) is 0 Å². The molecule has 0 saturated heterocycles. The zero-order chi connectivity index (χ0) is 17.6. The molecule has 0 rings (SSSR count). The molecule has 22 heavy (non-hydrogen) atoms. The number of carbonyl (C=O) groups is 1. The summed E-state index contributed by atoms with van der Waals surface area (Å²) in [6.45, 7) is 16.4. The number of hydrogen-bond donors (Lipinski definition) is 2. The van der Waals surface area contributed by atoms with Crippen LogP contribution in [0, 0.1) is 5.41 Å². The normalized spacial score (nSPS) is 14.6. The van der Waals surface area contributed by atoms with E-state index in [9.17, 15) is 9.90 Å². The Morgan fingerprint density at radius 1 is 1.23 bits per heavy atom. The molecule has 0 aliphatic rings. The maximum atomic E-state index is 11.0. The smallest absolute Gasteiger partial charge is 0.406 e. The lowest BCUT2D eigenvalue weighted by Crippen LogP contribution is -2.43. The summed E-state index contributed by atoms with van der Waals surface area (Å²) in [5.74, 6) is 0. The van der Waals surface area contributed by atoms with E-state index in [1.807, 2.05) is 0 Å². The van der Waals surface area contributed by atoms with Crippen LogP contribution in [-0.2, 0) is 9.16 Å². The minimum atomic E-state index is -1.74. The molecule has 0 heterocycles. The van der Waals surface area contributed by atoms with Crippen molar-refractivity contribution in [1.82, 2.24) is 5.32 Å². The minimum absolute atomic E-state index is 0.00175. The second-order valence-electron chi connectivity index (χ2n) is 8.28. The molecule has 0 radical (unpaired) electrons. The Balaban J connectivity index is 4.22. The minimum Gasteiger partial charge on any atom is -0.453 e. The Labute approximate surface area is 136 Å². The van der Waals surface area contributed by atoms with Gasteiger partial charge in [-0.25, -0.2) is 4.79 Å². The van der Waals surface area contributed by atoms with E-state index in [0.29, 0.717) is 13.0 Å². The van der Waals surface area contributed by atoms with Gasteiger partial charge in [0.05, 0.1) is 13.2 Å². The fourth-order valence-electron chi connectivity index (χ4n) is 1.60. The summed E-state index contributed by atoms with van der Waals surface area (Å²) in [6.07, 6.45) is 0.384. The summed E-state index contributed by atoms with van der Waals surface area (Å²) >= 11 is 0. The van der Waals surface area contributed by atoms with Gasteiger partial charge in [-0.1, -0.05) is 34.6 Å². The maximum Gasteiger partial charge on any atom is 0.406 e. The van der Waals surface area contributed by atoms with Crippen LogP contribution in [0.5, 0.6) is 0 Å². The van der Waals surface area contributed by atoms with Crippen molar-refractivity contribution in [2.75, 3.05) is 20.3 Å². The molecule has 0 aliphatic heterocycles. The molecule has 0 fully saturated rings. The van der Waals surface area contributed by atoms with E-state index in [-0.39, 0.29) is 17.0 Å². The molecule has 0 aromatic heterocycles. The van der Waals surface area contributed by atoms with Gasteiger partial charge in [0.25, 0.3) is 0 Å². The lowest BCUT2D eigenvalue weighted by molar-refractivity contribution is 0.107. The first-order chi connectivity index (χ1) is 9.81. The largest absolute Gasteiger partial charge is 0.453 e. The first-order valence-corrected chi connectivity index (χ1v) is 10.9. The topological polar surface area (TPSA) is 67.8 Å². The highest BCUT2D eigenvalue weighted by molar-refractivity contribution is 6.74. The second kappa shape index (κ2) is 8.31. The van der Waals surface area contributed by atoms with Crippen LogP contribution < -0.4 is 5.32 Å². The lowest BCUT2D eigenvalue weighted by atomic mass is 9.88. The first kappa shape index (κ1) is 21.4. The molecule has 0 saturated carbocycles. The number of hydrogen-bond acceptors (Lipinski definition) is 4. The van der Waals surface area contributed by atoms with Crippen molar-refractivity contribution in [3.8, 4) is 0 Å². The molecule has 0 bridgehead atoms. The number of aliphatic hydroxyl groups excluding tert-OH is 1. The number of alkyl carbamates (subject to hydrolysis) is 1. The van der Waals surface area contributed by atoms with Crippen molar-refractivity contribution in [1.29, 1.82) is 0 Å². The van der Waals surface area contributed by atoms with Crippen molar-refractivity contribution in [2.45, 2.75) is 71.7 Å². The van der Waals surface area contributed by atoms with E-state index >= 15 is 0 Å². The van der Waals surface area contributed by atoms with Gasteiger partial charge in [-0.15, -0.1) is 0 Å². The standard InChI is InChI=1S/C16H35NO4Si/c1-15(2,3)22(7,8)21-12-16(4,5)10-9-13(18)11-17-14(19)20-6/h13,18H,9-12H2,1-8H3,(H,17,19). The van der Waals surface area contributed by atoms with E-state index in [0.717, 1.165) is 6.42 Å². The van der Waals surface area contributed by atoms with Crippen LogP contribution in [-0.4, -0.2) is 45.9 Å². The molecule has 5 nitrogen and oxygen atoms in total. The van der Waals surface area contributed by atoms with E-state index < -0.39 is 20.5 Å². The zero-order valence-electron chi connectivity index (χ0n) is 15.6. The van der Waals surface area contributed by atoms with Crippen LogP contribution in [0.25, 0.3) is 0 Å². The summed E-state index contributed by atoms with van der Waals surface area (Å²) in [5, 5.41) is 12.6. The van der Waals surface area contributed by atoms with E-state index in [2.05, 4.69) is 57.8 Å². The third-order valence-electron chi connectivity index (χ3n) is 4.45. The number of ether oxygens (including phenoxy) is 1. The summed E-state index contributed by atoms with van der Waals surface area (Å²) < 4.78 is 10.8. The van der Waals surface area contributed by atoms with Gasteiger partial charge in [-0.3, -0.25) is 0 Å². The van der Waals surface area contributed by atoms with Gasteiger partial charge < -0.3 is 19.6 Å². The quantitative estimate of drug-likeness (QED) is 0.667. The number of carbonyl (C=O) groups excluding carboxylic acids is 1. The van der Waals surface area contributed by atoms with Gasteiger partial charge in [-0.2, -0.15) is 0 Å². The molecular formula is C16H35NO4Si. The van der Waals surface area contributed by atoms with Gasteiger partial charge in [0.1, 0.15) is 0 Å². The van der Waals surface area contributed by atoms with Gasteiger partial charge in [0, 0.05) is 13.2 Å². The Kier molecular flexibility index (Phi) is 8.09. The van der Waals surface area contributed by atoms with Gasteiger partial charge >= 0.3 is 6.09 Å². The molecule has 2 N–H and O–H groups in total. The first-order valence-electron chi connectivity index (χ1n) is 7.94. The van der Waals surface area contributed by atoms with E-state index in [1.165, 1.54) is 7.11 Å². The molecule has 0 aliphatic carbocycles. The molecule has 0 aromatic carbocycles. The second-order valence-corrected chi connectivity index (χ2v) is 13.1. The van der Waals surface area contributed by atoms with Crippen molar-refractivity contribution in [2.24, 2.45) is 5.41 Å². The molecule has 1 amide bonds. The van der Waals surface area contributed by atoms with Crippen molar-refractivity contribution >= 4 is 14.4 Å². The van der Waals surface area contributed by atoms with Crippen LogP contribution in [0.2, 0.25) is 18.1 Å². The zero-order valence-corrected chi connectivity index (χ0v) is 16.6. The monoisotopic (exact) mass is 333 g/mol. The molecule has 1 atom stereocenters. The summed E-state index contributed by atoms with van der Waals surface area (Å²) in [6, 6.07) is 0. The number of aliphatic hydroxyl groups is 1. The summed E-state index contributed by atoms with van der Waals surface area (Å²) in [7, 11) is -0.433. The highest BCUT2D eigenvalue weighted by Crippen LogP contribution is 2.38. The fraction of sp³-hybridized carbons (Fsp3) is 0.938. The Hall–Kier alpha value is -0.593. The van der Waals surface area contributed by atoms with Gasteiger partial charge in [0.15, 0.2) is 8.32 Å². The van der Waals surface area contributed by atoms with Crippen LogP contribution in [0.1, 0.15) is 47.5 Å². The van der Waals surface area contributed by atoms with E-state index in [4.69, 9.17) is 4.43 Å². The predicted molar refractivity (Wildman–Crippen MR) is 92.6 cm³/mol. The summed E-state index contributed by atoms with van der Waals surface area (Å²) in [5.41, 5.74) is 0.00175. The number of amides is 1. The number of rotatable bonds is 8. The van der Waals surface area contributed by atoms with Crippen molar-refractivity contribution < 1.29 is 19.1 Å². The van der Waals surface area contributed by atoms with E-state index in [1.54, 1.807) is 0 Å². The molecule has 0 spiro atoms. The molecule has 0 aromatic rings. The van der Waals surface area contributed by atoms with Crippen molar-refractivity contribution in [3.63, 3.8) is 0 Å². The van der Waals surface area contributed by atoms with Crippen LogP contribution in [0.4, 0.5) is 4.79 Å². The van der Waals surface area contributed by atoms with Gasteiger partial charge in [0.2, 0.25) is 0 Å². The average Bonchev–Trinajstić information content (AvgIpc) is 2.39. The highest BCUT2D eigenvalue weighted by Gasteiger charge is 2.38. The Morgan fingerprint density at radius 2 is 1.77 bits per heavy atom. The molecule has 6 heteroatoms. The fourth-order valence-corrected chi connectivity index (χ4v) is 2.78.